The maximum absolute atomic E-state index is 11.9. The first-order valence-corrected chi connectivity index (χ1v) is 9.95. The number of carbonyl (C=O) groups is 1. The molecule has 3 aliphatic carbocycles. The zero-order valence-electron chi connectivity index (χ0n) is 16.6. The molecule has 0 aromatic carbocycles. The minimum Gasteiger partial charge on any atom is -0.481 e. The molecule has 3 aliphatic rings. The summed E-state index contributed by atoms with van der Waals surface area (Å²) < 4.78 is 0. The monoisotopic (exact) mass is 348 g/mol. The van der Waals surface area contributed by atoms with Crippen molar-refractivity contribution in [2.24, 2.45) is 28.6 Å². The fourth-order valence-corrected chi connectivity index (χ4v) is 5.60. The number of hydrogen-bond acceptors (Lipinski definition) is 2. The molecular formula is C22H36O3. The Kier molecular flexibility index (Phi) is 6.19. The van der Waals surface area contributed by atoms with Crippen LogP contribution in [-0.2, 0) is 4.79 Å². The van der Waals surface area contributed by atoms with E-state index >= 15 is 0 Å². The van der Waals surface area contributed by atoms with Crippen LogP contribution in [0.3, 0.4) is 0 Å². The topological polar surface area (TPSA) is 57.5 Å². The highest BCUT2D eigenvalue weighted by Crippen LogP contribution is 2.62. The van der Waals surface area contributed by atoms with Crippen molar-refractivity contribution >= 4 is 5.97 Å². The number of fused-ring (bicyclic) bond motifs is 3. The summed E-state index contributed by atoms with van der Waals surface area (Å²) in [5.41, 5.74) is 2.69. The summed E-state index contributed by atoms with van der Waals surface area (Å²) in [5, 5.41) is 17.4. The van der Waals surface area contributed by atoms with E-state index in [1.807, 2.05) is 6.92 Å². The molecule has 0 heterocycles. The van der Waals surface area contributed by atoms with Gasteiger partial charge < -0.3 is 10.2 Å². The zero-order valence-corrected chi connectivity index (χ0v) is 16.6. The summed E-state index contributed by atoms with van der Waals surface area (Å²) in [5.74, 6) is 0.888. The fourth-order valence-electron chi connectivity index (χ4n) is 5.60. The van der Waals surface area contributed by atoms with Crippen molar-refractivity contribution in [3.05, 3.63) is 23.3 Å². The normalized spacial score (nSPS) is 37.1. The third-order valence-corrected chi connectivity index (χ3v) is 7.07. The van der Waals surface area contributed by atoms with Gasteiger partial charge in [0.05, 0.1) is 5.41 Å². The van der Waals surface area contributed by atoms with Gasteiger partial charge >= 0.3 is 5.97 Å². The largest absolute Gasteiger partial charge is 0.481 e. The molecule has 142 valence electrons. The molecule has 0 bridgehead atoms. The molecule has 0 amide bonds. The van der Waals surface area contributed by atoms with Crippen molar-refractivity contribution in [2.45, 2.75) is 73.1 Å². The quantitative estimate of drug-likeness (QED) is 0.720. The van der Waals surface area contributed by atoms with Crippen LogP contribution in [0.25, 0.3) is 0 Å². The van der Waals surface area contributed by atoms with Crippen molar-refractivity contribution in [3.8, 4) is 0 Å². The molecule has 0 unspecified atom stereocenters. The van der Waals surface area contributed by atoms with Gasteiger partial charge in [0.1, 0.15) is 0 Å². The SMILES string of the molecule is CC(C)C1=CC2=CC[C@@H]3[C@](C)(CCC[C@@]3(C)C(=O)O)[C@H]2CC1.CCO. The zero-order chi connectivity index (χ0) is 18.8. The van der Waals surface area contributed by atoms with Gasteiger partial charge in [0.15, 0.2) is 0 Å². The highest BCUT2D eigenvalue weighted by Gasteiger charge is 2.57. The van der Waals surface area contributed by atoms with Gasteiger partial charge in [-0.2, -0.15) is 0 Å². The third-order valence-electron chi connectivity index (χ3n) is 7.07. The van der Waals surface area contributed by atoms with Crippen LogP contribution in [0.4, 0.5) is 0 Å². The number of aliphatic carboxylic acids is 1. The smallest absolute Gasteiger partial charge is 0.309 e. The van der Waals surface area contributed by atoms with Gasteiger partial charge in [-0.05, 0) is 74.7 Å². The summed E-state index contributed by atoms with van der Waals surface area (Å²) in [7, 11) is 0. The van der Waals surface area contributed by atoms with Crippen molar-refractivity contribution in [3.63, 3.8) is 0 Å². The van der Waals surface area contributed by atoms with Gasteiger partial charge in [0.25, 0.3) is 0 Å². The van der Waals surface area contributed by atoms with E-state index in [2.05, 4.69) is 32.9 Å². The van der Waals surface area contributed by atoms with Gasteiger partial charge in [-0.25, -0.2) is 0 Å². The van der Waals surface area contributed by atoms with Gasteiger partial charge in [-0.1, -0.05) is 44.9 Å². The Balaban J connectivity index is 0.000000701. The molecule has 0 aromatic rings. The number of rotatable bonds is 2. The number of aliphatic hydroxyl groups excluding tert-OH is 1. The first-order valence-electron chi connectivity index (χ1n) is 9.95. The second kappa shape index (κ2) is 7.65. The summed E-state index contributed by atoms with van der Waals surface area (Å²) in [6.07, 6.45) is 11.2. The standard InChI is InChI=1S/C20H30O2.C2H6O/c1-13(2)14-6-8-16-15(12-14)7-9-17-19(16,3)10-5-11-20(17,4)18(21)22;1-2-3/h7,12-13,16-17H,5-6,8-11H2,1-4H3,(H,21,22);3H,2H2,1H3/t16-,17+,19+,20+;/m0./s1. The molecule has 1 fully saturated rings. The molecule has 0 radical (unpaired) electrons. The van der Waals surface area contributed by atoms with E-state index < -0.39 is 11.4 Å². The van der Waals surface area contributed by atoms with E-state index in [1.165, 1.54) is 24.8 Å². The summed E-state index contributed by atoms with van der Waals surface area (Å²) in [6.45, 7) is 10.9. The predicted octanol–water partition coefficient (Wildman–Crippen LogP) is 5.20. The van der Waals surface area contributed by atoms with Crippen LogP contribution in [0.5, 0.6) is 0 Å². The van der Waals surface area contributed by atoms with Crippen LogP contribution in [0, 0.1) is 28.6 Å². The first kappa shape index (κ1) is 20.2. The minimum atomic E-state index is -0.588. The number of carboxylic acids is 1. The average Bonchev–Trinajstić information content (AvgIpc) is 2.54. The Labute approximate surface area is 153 Å². The van der Waals surface area contributed by atoms with Gasteiger partial charge in [0, 0.05) is 6.61 Å². The maximum Gasteiger partial charge on any atom is 0.309 e. The Morgan fingerprint density at radius 3 is 2.52 bits per heavy atom. The number of allylic oxidation sites excluding steroid dienone is 4. The molecule has 3 heteroatoms. The Morgan fingerprint density at radius 2 is 1.96 bits per heavy atom. The molecule has 0 spiro atoms. The van der Waals surface area contributed by atoms with Crippen LogP contribution in [0.1, 0.15) is 73.1 Å². The van der Waals surface area contributed by atoms with E-state index in [-0.39, 0.29) is 17.9 Å². The second-order valence-corrected chi connectivity index (χ2v) is 8.86. The average molecular weight is 349 g/mol. The molecule has 0 saturated heterocycles. The third kappa shape index (κ3) is 3.58. The molecular weight excluding hydrogens is 312 g/mol. The molecule has 2 N–H and O–H groups in total. The molecule has 0 aromatic heterocycles. The van der Waals surface area contributed by atoms with E-state index in [1.54, 1.807) is 12.5 Å². The van der Waals surface area contributed by atoms with E-state index in [0.29, 0.717) is 11.8 Å². The Hall–Kier alpha value is -1.09. The highest BCUT2D eigenvalue weighted by atomic mass is 16.4. The lowest BCUT2D eigenvalue weighted by atomic mass is 9.47. The van der Waals surface area contributed by atoms with Crippen molar-refractivity contribution in [1.82, 2.24) is 0 Å². The van der Waals surface area contributed by atoms with Crippen molar-refractivity contribution in [1.29, 1.82) is 0 Å². The molecule has 1 saturated carbocycles. The summed E-state index contributed by atoms with van der Waals surface area (Å²) >= 11 is 0. The second-order valence-electron chi connectivity index (χ2n) is 8.86. The molecule has 25 heavy (non-hydrogen) atoms. The maximum atomic E-state index is 11.9. The lowest BCUT2D eigenvalue weighted by Crippen LogP contribution is -2.53. The van der Waals surface area contributed by atoms with E-state index in [0.717, 1.165) is 19.3 Å². The van der Waals surface area contributed by atoms with Gasteiger partial charge in [-0.3, -0.25) is 4.79 Å². The summed E-state index contributed by atoms with van der Waals surface area (Å²) in [6, 6.07) is 0. The lowest BCUT2D eigenvalue weighted by Gasteiger charge is -2.57. The van der Waals surface area contributed by atoms with Crippen LogP contribution >= 0.6 is 0 Å². The van der Waals surface area contributed by atoms with Crippen LogP contribution < -0.4 is 0 Å². The molecule has 0 aliphatic heterocycles. The Bertz CT molecular complexity index is 560. The highest BCUT2D eigenvalue weighted by molar-refractivity contribution is 5.75. The van der Waals surface area contributed by atoms with Crippen molar-refractivity contribution < 1.29 is 15.0 Å². The van der Waals surface area contributed by atoms with Gasteiger partial charge in [-0.15, -0.1) is 0 Å². The molecule has 3 nitrogen and oxygen atoms in total. The van der Waals surface area contributed by atoms with Crippen LogP contribution in [0.2, 0.25) is 0 Å². The number of carboxylic acid groups (broad SMARTS) is 1. The number of hydrogen-bond donors (Lipinski definition) is 2. The lowest BCUT2D eigenvalue weighted by molar-refractivity contribution is -0.162. The predicted molar refractivity (Wildman–Crippen MR) is 102 cm³/mol. The summed E-state index contributed by atoms with van der Waals surface area (Å²) in [4.78, 5) is 11.9. The Morgan fingerprint density at radius 1 is 1.32 bits per heavy atom. The molecule has 3 rings (SSSR count). The number of aliphatic hydroxyl groups is 1. The molecule has 4 atom stereocenters. The first-order chi connectivity index (χ1) is 11.7. The van der Waals surface area contributed by atoms with E-state index in [9.17, 15) is 9.90 Å². The van der Waals surface area contributed by atoms with Crippen molar-refractivity contribution in [2.75, 3.05) is 6.61 Å². The fraction of sp³-hybridized carbons (Fsp3) is 0.773. The van der Waals surface area contributed by atoms with E-state index in [4.69, 9.17) is 5.11 Å². The van der Waals surface area contributed by atoms with Crippen LogP contribution in [0.15, 0.2) is 23.3 Å². The van der Waals surface area contributed by atoms with Gasteiger partial charge in [0.2, 0.25) is 0 Å². The van der Waals surface area contributed by atoms with Crippen LogP contribution in [-0.4, -0.2) is 22.8 Å². The minimum absolute atomic E-state index is 0.161.